The number of aromatic nitrogens is 1. The third-order valence-electron chi connectivity index (χ3n) is 4.70. The summed E-state index contributed by atoms with van der Waals surface area (Å²) >= 11 is 5.73. The van der Waals surface area contributed by atoms with Gasteiger partial charge >= 0.3 is 5.97 Å². The zero-order valence-corrected chi connectivity index (χ0v) is 17.4. The van der Waals surface area contributed by atoms with E-state index >= 15 is 0 Å². The minimum Gasteiger partial charge on any atom is -0.457 e. The summed E-state index contributed by atoms with van der Waals surface area (Å²) in [5, 5.41) is 0.356. The molecular formula is C20H23ClN2O4S. The first-order valence-corrected chi connectivity index (χ1v) is 11.0. The van der Waals surface area contributed by atoms with E-state index in [1.54, 1.807) is 24.3 Å². The third-order valence-corrected chi connectivity index (χ3v) is 6.75. The fraction of sp³-hybridized carbons (Fsp3) is 0.400. The molecule has 3 rings (SSSR count). The van der Waals surface area contributed by atoms with Crippen molar-refractivity contribution in [3.63, 3.8) is 0 Å². The van der Waals surface area contributed by atoms with Gasteiger partial charge in [0.25, 0.3) is 0 Å². The van der Waals surface area contributed by atoms with Crippen LogP contribution in [0.3, 0.4) is 0 Å². The van der Waals surface area contributed by atoms with E-state index in [0.29, 0.717) is 35.6 Å². The van der Waals surface area contributed by atoms with E-state index in [0.717, 1.165) is 6.42 Å². The van der Waals surface area contributed by atoms with Crippen molar-refractivity contribution >= 4 is 27.6 Å². The maximum absolute atomic E-state index is 13.0. The number of benzene rings is 1. The van der Waals surface area contributed by atoms with E-state index in [4.69, 9.17) is 16.3 Å². The van der Waals surface area contributed by atoms with Crippen LogP contribution in [0.4, 0.5) is 0 Å². The second kappa shape index (κ2) is 8.59. The Kier molecular flexibility index (Phi) is 6.37. The van der Waals surface area contributed by atoms with Gasteiger partial charge in [-0.15, -0.1) is 0 Å². The number of sulfonamides is 1. The summed E-state index contributed by atoms with van der Waals surface area (Å²) in [6.45, 7) is 5.12. The van der Waals surface area contributed by atoms with E-state index < -0.39 is 16.0 Å². The van der Waals surface area contributed by atoms with Crippen LogP contribution < -0.4 is 0 Å². The molecule has 2 heterocycles. The smallest absolute Gasteiger partial charge is 0.338 e. The normalized spacial score (nSPS) is 20.7. The Hall–Kier alpha value is -1.96. The molecule has 8 heteroatoms. The highest BCUT2D eigenvalue weighted by atomic mass is 35.5. The molecule has 1 aromatic heterocycles. The molecule has 1 aliphatic rings. The van der Waals surface area contributed by atoms with Gasteiger partial charge in [0.05, 0.1) is 10.5 Å². The molecule has 1 aromatic carbocycles. The Morgan fingerprint density at radius 3 is 2.57 bits per heavy atom. The second-order valence-corrected chi connectivity index (χ2v) is 9.69. The van der Waals surface area contributed by atoms with Crippen LogP contribution in [0.1, 0.15) is 36.2 Å². The molecule has 0 N–H and O–H groups in total. The van der Waals surface area contributed by atoms with Crippen LogP contribution in [0.25, 0.3) is 0 Å². The number of ether oxygens (including phenoxy) is 1. The van der Waals surface area contributed by atoms with Crippen LogP contribution in [-0.4, -0.2) is 36.8 Å². The van der Waals surface area contributed by atoms with Crippen LogP contribution in [-0.2, 0) is 21.4 Å². The molecule has 150 valence electrons. The number of hydrogen-bond donors (Lipinski definition) is 0. The predicted octanol–water partition coefficient (Wildman–Crippen LogP) is 3.76. The van der Waals surface area contributed by atoms with Crippen LogP contribution in [0.5, 0.6) is 0 Å². The lowest BCUT2D eigenvalue weighted by Crippen LogP contribution is -2.42. The van der Waals surface area contributed by atoms with E-state index in [2.05, 4.69) is 18.8 Å². The van der Waals surface area contributed by atoms with Crippen molar-refractivity contribution in [1.29, 1.82) is 0 Å². The van der Waals surface area contributed by atoms with Crippen molar-refractivity contribution < 1.29 is 17.9 Å². The number of piperidine rings is 1. The number of pyridine rings is 1. The van der Waals surface area contributed by atoms with Gasteiger partial charge in [-0.2, -0.15) is 4.31 Å². The molecule has 0 radical (unpaired) electrons. The largest absolute Gasteiger partial charge is 0.457 e. The molecule has 0 saturated carbocycles. The molecule has 0 bridgehead atoms. The Morgan fingerprint density at radius 2 is 1.93 bits per heavy atom. The number of carbonyl (C=O) groups is 1. The third kappa shape index (κ3) is 4.90. The molecule has 1 saturated heterocycles. The van der Waals surface area contributed by atoms with Crippen molar-refractivity contribution in [2.45, 2.75) is 31.8 Å². The first-order chi connectivity index (χ1) is 13.3. The Balaban J connectivity index is 1.73. The predicted molar refractivity (Wildman–Crippen MR) is 107 cm³/mol. The summed E-state index contributed by atoms with van der Waals surface area (Å²) in [4.78, 5) is 16.4. The van der Waals surface area contributed by atoms with E-state index in [1.165, 1.54) is 22.6 Å². The number of halogens is 1. The lowest BCUT2D eigenvalue weighted by atomic mass is 9.94. The maximum atomic E-state index is 13.0. The molecule has 6 nitrogen and oxygen atoms in total. The van der Waals surface area contributed by atoms with Gasteiger partial charge in [-0.1, -0.05) is 37.6 Å². The summed E-state index contributed by atoms with van der Waals surface area (Å²) in [5.41, 5.74) is 0.888. The minimum absolute atomic E-state index is 0.0289. The number of nitrogens with zero attached hydrogens (tertiary/aromatic N) is 2. The number of rotatable bonds is 5. The minimum atomic E-state index is -3.65. The zero-order valence-electron chi connectivity index (χ0n) is 15.8. The quantitative estimate of drug-likeness (QED) is 0.541. The summed E-state index contributed by atoms with van der Waals surface area (Å²) in [5.74, 6) is 0.0201. The zero-order chi connectivity index (χ0) is 20.3. The number of carbonyl (C=O) groups excluding carboxylic acids is 1. The molecule has 1 aliphatic heterocycles. The fourth-order valence-corrected chi connectivity index (χ4v) is 5.30. The summed E-state index contributed by atoms with van der Waals surface area (Å²) in [6.07, 6.45) is 2.53. The van der Waals surface area contributed by atoms with Crippen LogP contribution in [0, 0.1) is 11.8 Å². The highest BCUT2D eigenvalue weighted by Gasteiger charge is 2.32. The van der Waals surface area contributed by atoms with Crippen LogP contribution in [0.15, 0.2) is 47.5 Å². The Morgan fingerprint density at radius 1 is 1.21 bits per heavy atom. The van der Waals surface area contributed by atoms with Crippen LogP contribution >= 0.6 is 11.6 Å². The second-order valence-electron chi connectivity index (χ2n) is 7.36. The maximum Gasteiger partial charge on any atom is 0.338 e. The molecule has 0 spiro atoms. The highest BCUT2D eigenvalue weighted by Crippen LogP contribution is 2.27. The first-order valence-electron chi connectivity index (χ1n) is 9.13. The van der Waals surface area contributed by atoms with Gasteiger partial charge in [0.1, 0.15) is 11.8 Å². The average Bonchev–Trinajstić information content (AvgIpc) is 2.66. The van der Waals surface area contributed by atoms with Crippen molar-refractivity contribution in [3.8, 4) is 0 Å². The highest BCUT2D eigenvalue weighted by molar-refractivity contribution is 7.89. The topological polar surface area (TPSA) is 76.6 Å². The molecule has 2 unspecified atom stereocenters. The molecule has 0 amide bonds. The molecule has 2 atom stereocenters. The summed E-state index contributed by atoms with van der Waals surface area (Å²) in [7, 11) is -3.65. The fourth-order valence-electron chi connectivity index (χ4n) is 3.46. The van der Waals surface area contributed by atoms with Gasteiger partial charge in [0, 0.05) is 24.8 Å². The van der Waals surface area contributed by atoms with Crippen molar-refractivity contribution in [2.75, 3.05) is 13.1 Å². The Labute approximate surface area is 170 Å². The standard InChI is InChI=1S/C20H23ClN2O4S/c1-14-8-15(2)12-23(11-14)28(25,26)18-5-3-4-17(9-18)20(24)27-13-16-6-7-19(21)22-10-16/h3-7,9-10,14-15H,8,11-13H2,1-2H3. The molecular weight excluding hydrogens is 400 g/mol. The summed E-state index contributed by atoms with van der Waals surface area (Å²) in [6, 6.07) is 9.31. The van der Waals surface area contributed by atoms with E-state index in [9.17, 15) is 13.2 Å². The van der Waals surface area contributed by atoms with Crippen molar-refractivity contribution in [2.24, 2.45) is 11.8 Å². The summed E-state index contributed by atoms with van der Waals surface area (Å²) < 4.78 is 32.8. The van der Waals surface area contributed by atoms with Crippen molar-refractivity contribution in [1.82, 2.24) is 9.29 Å². The number of esters is 1. The van der Waals surface area contributed by atoms with E-state index in [-0.39, 0.29) is 17.1 Å². The van der Waals surface area contributed by atoms with Gasteiger partial charge in [-0.05, 0) is 42.5 Å². The van der Waals surface area contributed by atoms with Gasteiger partial charge in [0.2, 0.25) is 10.0 Å². The average molecular weight is 423 g/mol. The lowest BCUT2D eigenvalue weighted by molar-refractivity contribution is 0.0472. The van der Waals surface area contributed by atoms with Gasteiger partial charge in [0.15, 0.2) is 0 Å². The van der Waals surface area contributed by atoms with Crippen molar-refractivity contribution in [3.05, 3.63) is 58.9 Å². The van der Waals surface area contributed by atoms with Crippen LogP contribution in [0.2, 0.25) is 5.15 Å². The molecule has 2 aromatic rings. The number of hydrogen-bond acceptors (Lipinski definition) is 5. The van der Waals surface area contributed by atoms with E-state index in [1.807, 2.05) is 0 Å². The lowest BCUT2D eigenvalue weighted by Gasteiger charge is -2.34. The molecule has 1 fully saturated rings. The van der Waals surface area contributed by atoms with Gasteiger partial charge in [-0.25, -0.2) is 18.2 Å². The van der Waals surface area contributed by atoms with Gasteiger partial charge < -0.3 is 4.74 Å². The monoisotopic (exact) mass is 422 g/mol. The molecule has 0 aliphatic carbocycles. The first kappa shape index (κ1) is 20.8. The SMILES string of the molecule is CC1CC(C)CN(S(=O)(=O)c2cccc(C(=O)OCc3ccc(Cl)nc3)c2)C1. The molecule has 28 heavy (non-hydrogen) atoms. The van der Waals surface area contributed by atoms with Gasteiger partial charge in [-0.3, -0.25) is 0 Å². The Bertz CT molecular complexity index is 937.